The molecule has 5 heteroatoms. The molecule has 98 valence electrons. The number of carboxylic acids is 1. The zero-order chi connectivity index (χ0) is 13.1. The lowest BCUT2D eigenvalue weighted by atomic mass is 10.1. The molecule has 1 heterocycles. The van der Waals surface area contributed by atoms with Gasteiger partial charge in [-0.3, -0.25) is 4.79 Å². The molecule has 5 nitrogen and oxygen atoms in total. The predicted octanol–water partition coefficient (Wildman–Crippen LogP) is 0.866. The van der Waals surface area contributed by atoms with Gasteiger partial charge in [-0.25, -0.2) is 0 Å². The summed E-state index contributed by atoms with van der Waals surface area (Å²) in [5.41, 5.74) is 2.10. The lowest BCUT2D eigenvalue weighted by Crippen LogP contribution is -2.54. The van der Waals surface area contributed by atoms with Gasteiger partial charge in [0, 0.05) is 19.6 Å². The van der Waals surface area contributed by atoms with E-state index in [4.69, 9.17) is 9.84 Å². The minimum atomic E-state index is -0.814. The highest BCUT2D eigenvalue weighted by atomic mass is 16.5. The predicted molar refractivity (Wildman–Crippen MR) is 69.4 cm³/mol. The summed E-state index contributed by atoms with van der Waals surface area (Å²) in [6, 6.07) is 5.41. The number of carbonyl (C=O) groups is 1. The normalized spacial score (nSPS) is 19.7. The van der Waals surface area contributed by atoms with Crippen molar-refractivity contribution < 1.29 is 14.6 Å². The average Bonchev–Trinajstić information content (AvgIpc) is 2.39. The molecule has 0 saturated carbocycles. The average molecular weight is 250 g/mol. The molecular formula is C13H18N2O3. The van der Waals surface area contributed by atoms with Crippen molar-refractivity contribution >= 4 is 11.7 Å². The van der Waals surface area contributed by atoms with E-state index in [0.29, 0.717) is 13.1 Å². The SMILES string of the molecule is COc1ccc(C)cc1N1CCNC(C(=O)O)C1. The van der Waals surface area contributed by atoms with Gasteiger partial charge >= 0.3 is 5.97 Å². The Bertz CT molecular complexity index is 448. The molecule has 1 aromatic rings. The molecule has 0 aliphatic carbocycles. The summed E-state index contributed by atoms with van der Waals surface area (Å²) in [5, 5.41) is 12.1. The van der Waals surface area contributed by atoms with Crippen molar-refractivity contribution in [3.63, 3.8) is 0 Å². The van der Waals surface area contributed by atoms with Gasteiger partial charge in [0.25, 0.3) is 0 Å². The molecular weight excluding hydrogens is 232 g/mol. The van der Waals surface area contributed by atoms with Crippen LogP contribution in [-0.4, -0.2) is 43.9 Å². The number of anilines is 1. The highest BCUT2D eigenvalue weighted by molar-refractivity contribution is 5.75. The third-order valence-electron chi connectivity index (χ3n) is 3.15. The van der Waals surface area contributed by atoms with Crippen LogP contribution < -0.4 is 15.0 Å². The molecule has 1 aliphatic heterocycles. The second-order valence-corrected chi connectivity index (χ2v) is 4.47. The van der Waals surface area contributed by atoms with Gasteiger partial charge in [0.15, 0.2) is 0 Å². The Hall–Kier alpha value is -1.75. The molecule has 0 amide bonds. The number of hydrogen-bond acceptors (Lipinski definition) is 4. The summed E-state index contributed by atoms with van der Waals surface area (Å²) in [6.45, 7) is 3.91. The fourth-order valence-electron chi connectivity index (χ4n) is 2.18. The largest absolute Gasteiger partial charge is 0.495 e. The summed E-state index contributed by atoms with van der Waals surface area (Å²) in [4.78, 5) is 13.1. The van der Waals surface area contributed by atoms with Crippen LogP contribution in [0, 0.1) is 6.92 Å². The first-order valence-electron chi connectivity index (χ1n) is 5.97. The van der Waals surface area contributed by atoms with E-state index in [1.54, 1.807) is 7.11 Å². The molecule has 2 rings (SSSR count). The monoisotopic (exact) mass is 250 g/mol. The van der Waals surface area contributed by atoms with Crippen molar-refractivity contribution in [2.24, 2.45) is 0 Å². The number of nitrogens with zero attached hydrogens (tertiary/aromatic N) is 1. The third-order valence-corrected chi connectivity index (χ3v) is 3.15. The number of aryl methyl sites for hydroxylation is 1. The molecule has 0 aromatic heterocycles. The standard InChI is InChI=1S/C13H18N2O3/c1-9-3-4-12(18-2)11(7-9)15-6-5-14-10(8-15)13(16)17/h3-4,7,10,14H,5-6,8H2,1-2H3,(H,16,17). The lowest BCUT2D eigenvalue weighted by Gasteiger charge is -2.34. The van der Waals surface area contributed by atoms with E-state index in [-0.39, 0.29) is 0 Å². The van der Waals surface area contributed by atoms with Crippen LogP contribution in [0.4, 0.5) is 5.69 Å². The zero-order valence-corrected chi connectivity index (χ0v) is 10.6. The smallest absolute Gasteiger partial charge is 0.322 e. The van der Waals surface area contributed by atoms with E-state index < -0.39 is 12.0 Å². The topological polar surface area (TPSA) is 61.8 Å². The fourth-order valence-corrected chi connectivity index (χ4v) is 2.18. The number of hydrogen-bond donors (Lipinski definition) is 2. The maximum absolute atomic E-state index is 11.0. The van der Waals surface area contributed by atoms with Crippen LogP contribution in [0.3, 0.4) is 0 Å². The summed E-state index contributed by atoms with van der Waals surface area (Å²) in [5.74, 6) is -0.0297. The Morgan fingerprint density at radius 1 is 1.56 bits per heavy atom. The first-order valence-corrected chi connectivity index (χ1v) is 5.97. The van der Waals surface area contributed by atoms with Crippen molar-refractivity contribution in [2.75, 3.05) is 31.6 Å². The second-order valence-electron chi connectivity index (χ2n) is 4.47. The third kappa shape index (κ3) is 2.56. The molecule has 18 heavy (non-hydrogen) atoms. The van der Waals surface area contributed by atoms with Gasteiger partial charge in [-0.2, -0.15) is 0 Å². The van der Waals surface area contributed by atoms with Gasteiger partial charge in [0.2, 0.25) is 0 Å². The van der Waals surface area contributed by atoms with E-state index in [1.807, 2.05) is 25.1 Å². The van der Waals surface area contributed by atoms with Crippen molar-refractivity contribution in [1.29, 1.82) is 0 Å². The van der Waals surface area contributed by atoms with Gasteiger partial charge in [-0.15, -0.1) is 0 Å². The molecule has 1 fully saturated rings. The van der Waals surface area contributed by atoms with Gasteiger partial charge in [0.05, 0.1) is 12.8 Å². The molecule has 1 aromatic carbocycles. The molecule has 0 bridgehead atoms. The minimum Gasteiger partial charge on any atom is -0.495 e. The molecule has 1 atom stereocenters. The molecule has 1 unspecified atom stereocenters. The Morgan fingerprint density at radius 2 is 2.33 bits per heavy atom. The Labute approximate surface area is 106 Å². The molecule has 0 radical (unpaired) electrons. The van der Waals surface area contributed by atoms with Gasteiger partial charge < -0.3 is 20.1 Å². The molecule has 2 N–H and O–H groups in total. The van der Waals surface area contributed by atoms with Crippen LogP contribution in [0.2, 0.25) is 0 Å². The summed E-state index contributed by atoms with van der Waals surface area (Å²) < 4.78 is 5.34. The van der Waals surface area contributed by atoms with Crippen molar-refractivity contribution in [1.82, 2.24) is 5.32 Å². The molecule has 1 saturated heterocycles. The first-order chi connectivity index (χ1) is 8.61. The highest BCUT2D eigenvalue weighted by Crippen LogP contribution is 2.29. The van der Waals surface area contributed by atoms with Gasteiger partial charge in [-0.05, 0) is 24.6 Å². The lowest BCUT2D eigenvalue weighted by molar-refractivity contribution is -0.139. The van der Waals surface area contributed by atoms with E-state index >= 15 is 0 Å². The number of piperazine rings is 1. The molecule has 1 aliphatic rings. The van der Waals surface area contributed by atoms with Crippen molar-refractivity contribution in [3.8, 4) is 5.75 Å². The zero-order valence-electron chi connectivity index (χ0n) is 10.6. The number of aliphatic carboxylic acids is 1. The van der Waals surface area contributed by atoms with Gasteiger partial charge in [-0.1, -0.05) is 6.07 Å². The van der Waals surface area contributed by atoms with E-state index in [2.05, 4.69) is 10.2 Å². The van der Waals surface area contributed by atoms with Crippen LogP contribution in [0.15, 0.2) is 18.2 Å². The van der Waals surface area contributed by atoms with Crippen LogP contribution in [0.5, 0.6) is 5.75 Å². The van der Waals surface area contributed by atoms with E-state index in [9.17, 15) is 4.79 Å². The number of benzene rings is 1. The fraction of sp³-hybridized carbons (Fsp3) is 0.462. The van der Waals surface area contributed by atoms with Crippen LogP contribution in [0.1, 0.15) is 5.56 Å². The number of methoxy groups -OCH3 is 1. The maximum Gasteiger partial charge on any atom is 0.322 e. The number of nitrogens with one attached hydrogen (secondary N) is 1. The first kappa shape index (κ1) is 12.7. The Balaban J connectivity index is 2.25. The van der Waals surface area contributed by atoms with Crippen molar-refractivity contribution in [2.45, 2.75) is 13.0 Å². The highest BCUT2D eigenvalue weighted by Gasteiger charge is 2.26. The maximum atomic E-state index is 11.0. The van der Waals surface area contributed by atoms with E-state index in [1.165, 1.54) is 0 Å². The van der Waals surface area contributed by atoms with Crippen LogP contribution >= 0.6 is 0 Å². The minimum absolute atomic E-state index is 0.454. The number of carboxylic acid groups (broad SMARTS) is 1. The van der Waals surface area contributed by atoms with Gasteiger partial charge in [0.1, 0.15) is 11.8 Å². The second kappa shape index (κ2) is 5.27. The van der Waals surface area contributed by atoms with E-state index in [0.717, 1.165) is 23.5 Å². The summed E-state index contributed by atoms with van der Waals surface area (Å²) in [7, 11) is 1.63. The van der Waals surface area contributed by atoms with Crippen LogP contribution in [0.25, 0.3) is 0 Å². The summed E-state index contributed by atoms with van der Waals surface area (Å²) in [6.07, 6.45) is 0. The number of rotatable bonds is 3. The summed E-state index contributed by atoms with van der Waals surface area (Å²) >= 11 is 0. The Kier molecular flexibility index (Phi) is 3.72. The number of ether oxygens (including phenoxy) is 1. The molecule has 0 spiro atoms. The quantitative estimate of drug-likeness (QED) is 0.833. The van der Waals surface area contributed by atoms with Crippen molar-refractivity contribution in [3.05, 3.63) is 23.8 Å². The van der Waals surface area contributed by atoms with Crippen LogP contribution in [-0.2, 0) is 4.79 Å². The Morgan fingerprint density at radius 3 is 3.00 bits per heavy atom.